The molecule has 4 aromatic rings. The Morgan fingerprint density at radius 3 is 2.73 bits per heavy atom. The molecule has 0 aliphatic heterocycles. The maximum absolute atomic E-state index is 12.3. The lowest BCUT2D eigenvalue weighted by molar-refractivity contribution is -0.384. The van der Waals surface area contributed by atoms with E-state index in [0.717, 1.165) is 16.2 Å². The normalized spacial score (nSPS) is 10.8. The van der Waals surface area contributed by atoms with Crippen LogP contribution in [0.5, 0.6) is 0 Å². The zero-order valence-corrected chi connectivity index (χ0v) is 15.7. The van der Waals surface area contributed by atoms with Gasteiger partial charge in [0.2, 0.25) is 0 Å². The third-order valence-corrected chi connectivity index (χ3v) is 4.58. The molecule has 0 saturated carbocycles. The second-order valence-electron chi connectivity index (χ2n) is 6.61. The summed E-state index contributed by atoms with van der Waals surface area (Å²) in [5.41, 5.74) is 1.44. The molecule has 1 aromatic heterocycles. The van der Waals surface area contributed by atoms with Crippen LogP contribution in [0.3, 0.4) is 0 Å². The number of rotatable bonds is 6. The monoisotopic (exact) mass is 404 g/mol. The van der Waals surface area contributed by atoms with E-state index in [1.54, 1.807) is 0 Å². The molecule has 30 heavy (non-hydrogen) atoms. The molecule has 0 fully saturated rings. The second kappa shape index (κ2) is 8.04. The third kappa shape index (κ3) is 3.97. The molecular formula is C22H16N2O6. The lowest BCUT2D eigenvalue weighted by Gasteiger charge is -2.07. The average Bonchev–Trinajstić information content (AvgIpc) is 3.15. The van der Waals surface area contributed by atoms with Gasteiger partial charge < -0.3 is 14.5 Å². The maximum Gasteiger partial charge on any atom is 0.310 e. The maximum atomic E-state index is 12.3. The Bertz CT molecular complexity index is 1280. The van der Waals surface area contributed by atoms with Crippen LogP contribution in [-0.4, -0.2) is 23.4 Å². The average molecular weight is 404 g/mol. The van der Waals surface area contributed by atoms with Crippen molar-refractivity contribution in [3.8, 4) is 0 Å². The first-order valence-corrected chi connectivity index (χ1v) is 9.09. The van der Waals surface area contributed by atoms with Gasteiger partial charge in [-0.05, 0) is 22.9 Å². The summed E-state index contributed by atoms with van der Waals surface area (Å²) in [6.07, 6.45) is 1.46. The number of esters is 1. The SMILES string of the molecule is O=C(COC(=O)Cc1coc2ccc3ccccc3c12)Nc1cccc([N+](=O)[O-])c1. The van der Waals surface area contributed by atoms with Crippen LogP contribution in [0.4, 0.5) is 11.4 Å². The van der Waals surface area contributed by atoms with E-state index in [0.29, 0.717) is 11.1 Å². The first kappa shape index (κ1) is 19.1. The molecular weight excluding hydrogens is 388 g/mol. The van der Waals surface area contributed by atoms with E-state index < -0.39 is 23.4 Å². The van der Waals surface area contributed by atoms with Crippen molar-refractivity contribution in [2.75, 3.05) is 11.9 Å². The van der Waals surface area contributed by atoms with Crippen LogP contribution < -0.4 is 5.32 Å². The van der Waals surface area contributed by atoms with Gasteiger partial charge >= 0.3 is 5.97 Å². The fourth-order valence-corrected chi connectivity index (χ4v) is 3.25. The highest BCUT2D eigenvalue weighted by atomic mass is 16.6. The smallest absolute Gasteiger partial charge is 0.310 e. The van der Waals surface area contributed by atoms with Crippen LogP contribution >= 0.6 is 0 Å². The van der Waals surface area contributed by atoms with Crippen molar-refractivity contribution < 1.29 is 23.7 Å². The molecule has 1 N–H and O–H groups in total. The highest BCUT2D eigenvalue weighted by Gasteiger charge is 2.15. The molecule has 0 unspecified atom stereocenters. The molecule has 0 aliphatic rings. The number of benzene rings is 3. The number of hydrogen-bond acceptors (Lipinski definition) is 6. The van der Waals surface area contributed by atoms with Gasteiger partial charge in [-0.15, -0.1) is 0 Å². The van der Waals surface area contributed by atoms with Crippen LogP contribution in [0.15, 0.2) is 71.3 Å². The Hall–Kier alpha value is -4.20. The quantitative estimate of drug-likeness (QED) is 0.293. The van der Waals surface area contributed by atoms with Gasteiger partial charge in [0.15, 0.2) is 6.61 Å². The number of carbonyl (C=O) groups is 2. The van der Waals surface area contributed by atoms with Gasteiger partial charge in [0.05, 0.1) is 17.6 Å². The van der Waals surface area contributed by atoms with Crippen molar-refractivity contribution in [3.05, 3.63) is 82.6 Å². The van der Waals surface area contributed by atoms with E-state index in [4.69, 9.17) is 9.15 Å². The number of amides is 1. The zero-order chi connectivity index (χ0) is 21.1. The predicted octanol–water partition coefficient (Wildman–Crippen LogP) is 4.22. The number of nitrogens with zero attached hydrogens (tertiary/aromatic N) is 1. The Morgan fingerprint density at radius 2 is 1.90 bits per heavy atom. The van der Waals surface area contributed by atoms with Gasteiger partial charge in [-0.2, -0.15) is 0 Å². The zero-order valence-electron chi connectivity index (χ0n) is 15.7. The lowest BCUT2D eigenvalue weighted by atomic mass is 10.0. The number of non-ortho nitro benzene ring substituents is 1. The molecule has 150 valence electrons. The Balaban J connectivity index is 1.41. The topological polar surface area (TPSA) is 112 Å². The van der Waals surface area contributed by atoms with E-state index in [9.17, 15) is 19.7 Å². The highest BCUT2D eigenvalue weighted by Crippen LogP contribution is 2.30. The van der Waals surface area contributed by atoms with Gasteiger partial charge in [-0.1, -0.05) is 36.4 Å². The number of nitro groups is 1. The van der Waals surface area contributed by atoms with E-state index in [1.807, 2.05) is 36.4 Å². The van der Waals surface area contributed by atoms with Crippen molar-refractivity contribution in [1.82, 2.24) is 0 Å². The Labute approximate surface area is 170 Å². The summed E-state index contributed by atoms with van der Waals surface area (Å²) in [5.74, 6) is -1.17. The number of ether oxygens (including phenoxy) is 1. The fraction of sp³-hybridized carbons (Fsp3) is 0.0909. The minimum atomic E-state index is -0.591. The summed E-state index contributed by atoms with van der Waals surface area (Å²) < 4.78 is 10.6. The molecule has 8 nitrogen and oxygen atoms in total. The summed E-state index contributed by atoms with van der Waals surface area (Å²) in [6.45, 7) is -0.502. The number of anilines is 1. The Morgan fingerprint density at radius 1 is 1.07 bits per heavy atom. The first-order chi connectivity index (χ1) is 14.5. The number of nitrogens with one attached hydrogen (secondary N) is 1. The molecule has 3 aromatic carbocycles. The van der Waals surface area contributed by atoms with Gasteiger partial charge in [0, 0.05) is 28.8 Å². The molecule has 0 radical (unpaired) electrons. The standard InChI is InChI=1S/C22H16N2O6/c25-20(23-16-5-3-6-17(11-16)24(27)28)13-30-21(26)10-15-12-29-19-9-8-14-4-1-2-7-18(14)22(15)19/h1-9,11-12H,10,13H2,(H,23,25). The molecule has 0 aliphatic carbocycles. The number of furan rings is 1. The molecule has 4 rings (SSSR count). The van der Waals surface area contributed by atoms with E-state index >= 15 is 0 Å². The summed E-state index contributed by atoms with van der Waals surface area (Å²) in [6, 6.07) is 17.1. The number of carbonyl (C=O) groups excluding carboxylic acids is 2. The number of fused-ring (bicyclic) bond motifs is 3. The molecule has 1 amide bonds. The lowest BCUT2D eigenvalue weighted by Crippen LogP contribution is -2.21. The van der Waals surface area contributed by atoms with Gasteiger partial charge in [0.25, 0.3) is 11.6 Å². The summed E-state index contributed by atoms with van der Waals surface area (Å²) >= 11 is 0. The molecule has 0 bridgehead atoms. The van der Waals surface area contributed by atoms with Crippen molar-refractivity contribution in [2.45, 2.75) is 6.42 Å². The number of hydrogen-bond donors (Lipinski definition) is 1. The molecule has 0 spiro atoms. The largest absolute Gasteiger partial charge is 0.464 e. The van der Waals surface area contributed by atoms with E-state index in [-0.39, 0.29) is 17.8 Å². The molecule has 0 saturated heterocycles. The predicted molar refractivity (Wildman–Crippen MR) is 110 cm³/mol. The van der Waals surface area contributed by atoms with Crippen LogP contribution in [0.25, 0.3) is 21.7 Å². The minimum absolute atomic E-state index is 0.0505. The summed E-state index contributed by atoms with van der Waals surface area (Å²) in [7, 11) is 0. The van der Waals surface area contributed by atoms with Crippen molar-refractivity contribution in [3.63, 3.8) is 0 Å². The first-order valence-electron chi connectivity index (χ1n) is 9.09. The summed E-state index contributed by atoms with van der Waals surface area (Å²) in [4.78, 5) is 34.5. The molecule has 0 atom stereocenters. The number of nitro benzene ring substituents is 1. The fourth-order valence-electron chi connectivity index (χ4n) is 3.25. The van der Waals surface area contributed by atoms with E-state index in [1.165, 1.54) is 30.5 Å². The highest BCUT2D eigenvalue weighted by molar-refractivity contribution is 6.08. The van der Waals surface area contributed by atoms with Gasteiger partial charge in [-0.25, -0.2) is 0 Å². The van der Waals surface area contributed by atoms with Crippen molar-refractivity contribution in [1.29, 1.82) is 0 Å². The molecule has 8 heteroatoms. The van der Waals surface area contributed by atoms with Crippen LogP contribution in [0.2, 0.25) is 0 Å². The summed E-state index contributed by atoms with van der Waals surface area (Å²) in [5, 5.41) is 16.1. The van der Waals surface area contributed by atoms with Crippen molar-refractivity contribution in [2.24, 2.45) is 0 Å². The van der Waals surface area contributed by atoms with Crippen LogP contribution in [0, 0.1) is 10.1 Å². The Kier molecular flexibility index (Phi) is 5.13. The minimum Gasteiger partial charge on any atom is -0.464 e. The van der Waals surface area contributed by atoms with Gasteiger partial charge in [-0.3, -0.25) is 19.7 Å². The van der Waals surface area contributed by atoms with E-state index in [2.05, 4.69) is 5.32 Å². The van der Waals surface area contributed by atoms with Gasteiger partial charge in [0.1, 0.15) is 5.58 Å². The van der Waals surface area contributed by atoms with Crippen LogP contribution in [0.1, 0.15) is 5.56 Å². The molecule has 1 heterocycles. The van der Waals surface area contributed by atoms with Crippen molar-refractivity contribution >= 4 is 45.0 Å². The second-order valence-corrected chi connectivity index (χ2v) is 6.61. The third-order valence-electron chi connectivity index (χ3n) is 4.58. The van der Waals surface area contributed by atoms with Crippen LogP contribution in [-0.2, 0) is 20.7 Å².